The van der Waals surface area contributed by atoms with Crippen LogP contribution in [0.4, 0.5) is 0 Å². The van der Waals surface area contributed by atoms with Crippen molar-refractivity contribution in [1.82, 2.24) is 10.2 Å². The minimum Gasteiger partial charge on any atom is -0.313 e. The van der Waals surface area contributed by atoms with Gasteiger partial charge in [0.05, 0.1) is 0 Å². The fourth-order valence-electron chi connectivity index (χ4n) is 2.51. The highest BCUT2D eigenvalue weighted by Gasteiger charge is 2.14. The Bertz CT molecular complexity index is 347. The molecule has 1 rings (SSSR count). The Labute approximate surface area is 112 Å². The van der Waals surface area contributed by atoms with Crippen molar-refractivity contribution in [1.29, 1.82) is 0 Å². The van der Waals surface area contributed by atoms with E-state index in [1.807, 2.05) is 0 Å². The third kappa shape index (κ3) is 4.11. The van der Waals surface area contributed by atoms with E-state index in [0.29, 0.717) is 12.1 Å². The predicted octanol–water partition coefficient (Wildman–Crippen LogP) is 3.38. The highest BCUT2D eigenvalue weighted by Crippen LogP contribution is 2.20. The van der Waals surface area contributed by atoms with Gasteiger partial charge in [0.15, 0.2) is 0 Å². The van der Waals surface area contributed by atoms with Crippen molar-refractivity contribution in [3.63, 3.8) is 0 Å². The number of hydrogen-bond acceptors (Lipinski definition) is 2. The Balaban J connectivity index is 2.66. The molecule has 1 N–H and O–H groups in total. The van der Waals surface area contributed by atoms with Crippen LogP contribution in [-0.4, -0.2) is 31.1 Å². The van der Waals surface area contributed by atoms with Crippen LogP contribution in [0.5, 0.6) is 0 Å². The summed E-state index contributed by atoms with van der Waals surface area (Å²) in [4.78, 5) is 2.52. The fourth-order valence-corrected chi connectivity index (χ4v) is 2.51. The second-order valence-corrected chi connectivity index (χ2v) is 5.21. The summed E-state index contributed by atoms with van der Waals surface area (Å²) in [5, 5.41) is 3.45. The lowest BCUT2D eigenvalue weighted by Crippen LogP contribution is -2.33. The summed E-state index contributed by atoms with van der Waals surface area (Å²) < 4.78 is 0. The van der Waals surface area contributed by atoms with E-state index >= 15 is 0 Å². The zero-order valence-electron chi connectivity index (χ0n) is 12.5. The molecular formula is C16H28N2. The molecule has 1 atom stereocenters. The first kappa shape index (κ1) is 15.2. The summed E-state index contributed by atoms with van der Waals surface area (Å²) in [5.41, 5.74) is 2.81. The van der Waals surface area contributed by atoms with Crippen molar-refractivity contribution in [2.75, 3.05) is 20.1 Å². The first-order valence-corrected chi connectivity index (χ1v) is 7.07. The average Bonchev–Trinajstić information content (AvgIpc) is 2.36. The van der Waals surface area contributed by atoms with Gasteiger partial charge in [0.1, 0.15) is 0 Å². The Morgan fingerprint density at radius 2 is 1.89 bits per heavy atom. The van der Waals surface area contributed by atoms with Gasteiger partial charge in [-0.1, -0.05) is 31.2 Å². The molecule has 0 saturated carbocycles. The van der Waals surface area contributed by atoms with Crippen molar-refractivity contribution in [2.45, 2.75) is 46.2 Å². The monoisotopic (exact) mass is 248 g/mol. The van der Waals surface area contributed by atoms with E-state index in [-0.39, 0.29) is 0 Å². The third-order valence-electron chi connectivity index (χ3n) is 3.75. The second-order valence-electron chi connectivity index (χ2n) is 5.21. The van der Waals surface area contributed by atoms with Gasteiger partial charge >= 0.3 is 0 Å². The SMILES string of the molecule is CCN(CCC(NC)c1ccccc1C)C(C)C. The molecule has 0 saturated heterocycles. The standard InChI is InChI=1S/C16H28N2/c1-6-18(13(2)3)12-11-16(17-5)15-10-8-7-9-14(15)4/h7-10,13,16-17H,6,11-12H2,1-5H3. The second kappa shape index (κ2) is 7.55. The van der Waals surface area contributed by atoms with Crippen LogP contribution in [0.1, 0.15) is 44.4 Å². The summed E-state index contributed by atoms with van der Waals surface area (Å²) in [6.07, 6.45) is 1.16. The number of nitrogens with one attached hydrogen (secondary N) is 1. The fraction of sp³-hybridized carbons (Fsp3) is 0.625. The molecule has 0 aliphatic heterocycles. The first-order valence-electron chi connectivity index (χ1n) is 7.07. The molecule has 1 aromatic carbocycles. The van der Waals surface area contributed by atoms with Crippen molar-refractivity contribution >= 4 is 0 Å². The van der Waals surface area contributed by atoms with E-state index in [9.17, 15) is 0 Å². The van der Waals surface area contributed by atoms with E-state index in [2.05, 4.69) is 69.2 Å². The molecule has 2 nitrogen and oxygen atoms in total. The Kier molecular flexibility index (Phi) is 6.37. The number of rotatable bonds is 7. The van der Waals surface area contributed by atoms with Crippen molar-refractivity contribution in [3.8, 4) is 0 Å². The lowest BCUT2D eigenvalue weighted by Gasteiger charge is -2.27. The van der Waals surface area contributed by atoms with Gasteiger partial charge < -0.3 is 10.2 Å². The van der Waals surface area contributed by atoms with Gasteiger partial charge in [-0.05, 0) is 51.9 Å². The third-order valence-corrected chi connectivity index (χ3v) is 3.75. The molecule has 0 amide bonds. The number of benzene rings is 1. The van der Waals surface area contributed by atoms with Crippen LogP contribution in [0, 0.1) is 6.92 Å². The van der Waals surface area contributed by atoms with Gasteiger partial charge in [0, 0.05) is 18.6 Å². The van der Waals surface area contributed by atoms with E-state index in [4.69, 9.17) is 0 Å². The van der Waals surface area contributed by atoms with Gasteiger partial charge in [-0.25, -0.2) is 0 Å². The minimum absolute atomic E-state index is 0.457. The molecule has 0 aromatic heterocycles. The summed E-state index contributed by atoms with van der Waals surface area (Å²) >= 11 is 0. The van der Waals surface area contributed by atoms with Gasteiger partial charge in [0.2, 0.25) is 0 Å². The molecular weight excluding hydrogens is 220 g/mol. The van der Waals surface area contributed by atoms with Crippen LogP contribution in [0.15, 0.2) is 24.3 Å². The Hall–Kier alpha value is -0.860. The predicted molar refractivity (Wildman–Crippen MR) is 80.0 cm³/mol. The molecule has 0 heterocycles. The highest BCUT2D eigenvalue weighted by atomic mass is 15.1. The van der Waals surface area contributed by atoms with Crippen LogP contribution in [-0.2, 0) is 0 Å². The molecule has 0 spiro atoms. The van der Waals surface area contributed by atoms with Crippen LogP contribution >= 0.6 is 0 Å². The molecule has 0 fully saturated rings. The van der Waals surface area contributed by atoms with Crippen LogP contribution in [0.2, 0.25) is 0 Å². The number of nitrogens with zero attached hydrogens (tertiary/aromatic N) is 1. The Morgan fingerprint density at radius 3 is 2.39 bits per heavy atom. The lowest BCUT2D eigenvalue weighted by molar-refractivity contribution is 0.221. The van der Waals surface area contributed by atoms with Gasteiger partial charge in [0.25, 0.3) is 0 Å². The maximum absolute atomic E-state index is 3.45. The Morgan fingerprint density at radius 1 is 1.22 bits per heavy atom. The molecule has 0 bridgehead atoms. The summed E-state index contributed by atoms with van der Waals surface area (Å²) in [6, 6.07) is 9.76. The van der Waals surface area contributed by atoms with Crippen LogP contribution in [0.3, 0.4) is 0 Å². The number of aryl methyl sites for hydroxylation is 1. The van der Waals surface area contributed by atoms with Crippen LogP contribution < -0.4 is 5.32 Å². The highest BCUT2D eigenvalue weighted by molar-refractivity contribution is 5.28. The molecule has 18 heavy (non-hydrogen) atoms. The van der Waals surface area contributed by atoms with E-state index in [1.54, 1.807) is 0 Å². The summed E-state index contributed by atoms with van der Waals surface area (Å²) in [7, 11) is 2.06. The van der Waals surface area contributed by atoms with E-state index in [0.717, 1.165) is 19.5 Å². The first-order chi connectivity index (χ1) is 8.60. The normalized spacial score (nSPS) is 13.3. The minimum atomic E-state index is 0.457. The molecule has 0 aliphatic rings. The quantitative estimate of drug-likeness (QED) is 0.796. The van der Waals surface area contributed by atoms with Crippen molar-refractivity contribution < 1.29 is 0 Å². The maximum Gasteiger partial charge on any atom is 0.0332 e. The topological polar surface area (TPSA) is 15.3 Å². The average molecular weight is 248 g/mol. The van der Waals surface area contributed by atoms with E-state index < -0.39 is 0 Å². The van der Waals surface area contributed by atoms with Crippen molar-refractivity contribution in [2.24, 2.45) is 0 Å². The van der Waals surface area contributed by atoms with Gasteiger partial charge in [-0.3, -0.25) is 0 Å². The maximum atomic E-state index is 3.45. The van der Waals surface area contributed by atoms with E-state index in [1.165, 1.54) is 11.1 Å². The van der Waals surface area contributed by atoms with Gasteiger partial charge in [-0.15, -0.1) is 0 Å². The zero-order valence-corrected chi connectivity index (χ0v) is 12.5. The summed E-state index contributed by atoms with van der Waals surface area (Å²) in [6.45, 7) is 11.2. The lowest BCUT2D eigenvalue weighted by atomic mass is 9.98. The molecule has 0 radical (unpaired) electrons. The largest absolute Gasteiger partial charge is 0.313 e. The zero-order chi connectivity index (χ0) is 13.5. The van der Waals surface area contributed by atoms with Crippen molar-refractivity contribution in [3.05, 3.63) is 35.4 Å². The molecule has 1 aromatic rings. The summed E-state index contributed by atoms with van der Waals surface area (Å²) in [5.74, 6) is 0. The number of hydrogen-bond donors (Lipinski definition) is 1. The molecule has 102 valence electrons. The smallest absolute Gasteiger partial charge is 0.0332 e. The van der Waals surface area contributed by atoms with Gasteiger partial charge in [-0.2, -0.15) is 0 Å². The van der Waals surface area contributed by atoms with Crippen LogP contribution in [0.25, 0.3) is 0 Å². The molecule has 1 unspecified atom stereocenters. The molecule has 0 aliphatic carbocycles. The molecule has 2 heteroatoms.